The van der Waals surface area contributed by atoms with Crippen molar-refractivity contribution in [2.24, 2.45) is 0 Å². The average molecular weight is 704 g/mol. The fourth-order valence-corrected chi connectivity index (χ4v) is 9.07. The van der Waals surface area contributed by atoms with E-state index in [-0.39, 0.29) is 5.41 Å². The van der Waals surface area contributed by atoms with Crippen LogP contribution in [0.5, 0.6) is 0 Å². The molecule has 0 bridgehead atoms. The van der Waals surface area contributed by atoms with Crippen LogP contribution in [-0.2, 0) is 5.41 Å². The maximum atomic E-state index is 6.25. The lowest BCUT2D eigenvalue weighted by Gasteiger charge is -2.29. The smallest absolute Gasteiger partial charge is 0.136 e. The molecule has 55 heavy (non-hydrogen) atoms. The van der Waals surface area contributed by atoms with Gasteiger partial charge in [0.2, 0.25) is 0 Å². The van der Waals surface area contributed by atoms with Gasteiger partial charge in [-0.2, -0.15) is 0 Å². The third kappa shape index (κ3) is 4.95. The van der Waals surface area contributed by atoms with Gasteiger partial charge >= 0.3 is 0 Å². The number of rotatable bonds is 5. The molecule has 0 atom stereocenters. The van der Waals surface area contributed by atoms with Crippen LogP contribution in [0.2, 0.25) is 0 Å². The Morgan fingerprint density at radius 3 is 1.95 bits per heavy atom. The maximum Gasteiger partial charge on any atom is 0.136 e. The molecule has 0 unspecified atom stereocenters. The minimum absolute atomic E-state index is 0.0614. The minimum atomic E-state index is -0.0614. The Morgan fingerprint density at radius 2 is 1.05 bits per heavy atom. The summed E-state index contributed by atoms with van der Waals surface area (Å²) in [5.74, 6) is 0. The minimum Gasteiger partial charge on any atom is -0.456 e. The van der Waals surface area contributed by atoms with E-state index >= 15 is 0 Å². The van der Waals surface area contributed by atoms with Crippen molar-refractivity contribution in [2.45, 2.75) is 19.3 Å². The molecule has 2 nitrogen and oxygen atoms in total. The second kappa shape index (κ2) is 12.1. The molecule has 1 aliphatic carbocycles. The topological polar surface area (TPSA) is 16.4 Å². The highest BCUT2D eigenvalue weighted by atomic mass is 16.3. The van der Waals surface area contributed by atoms with Crippen LogP contribution >= 0.6 is 0 Å². The summed E-state index contributed by atoms with van der Waals surface area (Å²) < 4.78 is 6.25. The molecule has 1 aromatic heterocycles. The summed E-state index contributed by atoms with van der Waals surface area (Å²) in [6.07, 6.45) is 0. The number of furan rings is 1. The highest BCUT2D eigenvalue weighted by Crippen LogP contribution is 2.51. The SMILES string of the molecule is CC1(C)c2ccccc2-c2cc(N(c3ccc(-c4ccc5ccc6oc7ccccc7c6c5c4)cc3)c3ccccc3-c3ccc4ccccc4c3)ccc21. The van der Waals surface area contributed by atoms with Crippen molar-refractivity contribution < 1.29 is 4.42 Å². The van der Waals surface area contributed by atoms with E-state index in [0.29, 0.717) is 0 Å². The zero-order valence-electron chi connectivity index (χ0n) is 30.8. The van der Waals surface area contributed by atoms with Crippen LogP contribution in [0.4, 0.5) is 17.1 Å². The van der Waals surface area contributed by atoms with E-state index in [9.17, 15) is 0 Å². The Kier molecular flexibility index (Phi) is 6.93. The van der Waals surface area contributed by atoms with Crippen molar-refractivity contribution in [1.82, 2.24) is 0 Å². The first kappa shape index (κ1) is 31.6. The summed E-state index contributed by atoms with van der Waals surface area (Å²) in [7, 11) is 0. The van der Waals surface area contributed by atoms with Crippen molar-refractivity contribution >= 4 is 60.5 Å². The molecule has 9 aromatic carbocycles. The van der Waals surface area contributed by atoms with Crippen LogP contribution in [0.15, 0.2) is 192 Å². The molecule has 0 aliphatic heterocycles. The fraction of sp³-hybridized carbons (Fsp3) is 0.0566. The molecule has 0 amide bonds. The molecule has 1 aliphatic rings. The molecular formula is C53H37NO. The van der Waals surface area contributed by atoms with Crippen LogP contribution in [0.3, 0.4) is 0 Å². The van der Waals surface area contributed by atoms with Crippen molar-refractivity contribution in [3.63, 3.8) is 0 Å². The molecule has 0 saturated heterocycles. The molecule has 0 radical (unpaired) electrons. The van der Waals surface area contributed by atoms with E-state index in [1.165, 1.54) is 71.4 Å². The lowest BCUT2D eigenvalue weighted by Crippen LogP contribution is -2.15. The first-order chi connectivity index (χ1) is 27.0. The summed E-state index contributed by atoms with van der Waals surface area (Å²) in [5, 5.41) is 7.21. The Hall–Kier alpha value is -6.90. The average Bonchev–Trinajstić information content (AvgIpc) is 3.73. The number of para-hydroxylation sites is 2. The van der Waals surface area contributed by atoms with E-state index in [1.54, 1.807) is 0 Å². The maximum absolute atomic E-state index is 6.25. The molecule has 2 heteroatoms. The van der Waals surface area contributed by atoms with Crippen LogP contribution in [0, 0.1) is 0 Å². The first-order valence-electron chi connectivity index (χ1n) is 19.1. The Bertz CT molecular complexity index is 3130. The van der Waals surface area contributed by atoms with E-state index in [1.807, 2.05) is 12.1 Å². The highest BCUT2D eigenvalue weighted by molar-refractivity contribution is 6.19. The molecule has 1 heterocycles. The first-order valence-corrected chi connectivity index (χ1v) is 19.1. The number of nitrogens with zero attached hydrogens (tertiary/aromatic N) is 1. The van der Waals surface area contributed by atoms with Crippen molar-refractivity contribution in [1.29, 1.82) is 0 Å². The molecule has 0 spiro atoms. The zero-order chi connectivity index (χ0) is 36.7. The van der Waals surface area contributed by atoms with E-state index < -0.39 is 0 Å². The fourth-order valence-electron chi connectivity index (χ4n) is 9.07. The second-order valence-corrected chi connectivity index (χ2v) is 15.3. The summed E-state index contributed by atoms with van der Waals surface area (Å²) >= 11 is 0. The lowest BCUT2D eigenvalue weighted by atomic mass is 9.82. The summed E-state index contributed by atoms with van der Waals surface area (Å²) in [4.78, 5) is 2.43. The standard InChI is InChI=1S/C53H37NO/c1-53(2)47-16-8-5-14-43(47)46-33-41(28-29-48(46)53)54(49-17-9-6-13-42(49)39-22-19-34-11-3-4-12-37(34)31-39)40-26-23-35(24-27-40)38-21-20-36-25-30-51-52(45(36)32-38)44-15-7-10-18-50(44)55-51/h3-33H,1-2H3. The third-order valence-electron chi connectivity index (χ3n) is 11.8. The van der Waals surface area contributed by atoms with Crippen LogP contribution in [0.1, 0.15) is 25.0 Å². The molecule has 0 fully saturated rings. The van der Waals surface area contributed by atoms with Gasteiger partial charge in [0.15, 0.2) is 0 Å². The molecule has 260 valence electrons. The number of hydrogen-bond donors (Lipinski definition) is 0. The molecule has 11 rings (SSSR count). The van der Waals surface area contributed by atoms with Gasteiger partial charge in [0.25, 0.3) is 0 Å². The number of fused-ring (bicyclic) bond motifs is 9. The van der Waals surface area contributed by atoms with Gasteiger partial charge < -0.3 is 9.32 Å². The van der Waals surface area contributed by atoms with Gasteiger partial charge in [0.1, 0.15) is 11.2 Å². The van der Waals surface area contributed by atoms with Crippen LogP contribution in [0.25, 0.3) is 76.9 Å². The molecule has 10 aromatic rings. The summed E-state index contributed by atoms with van der Waals surface area (Å²) in [6.45, 7) is 4.69. The Labute approximate surface area is 320 Å². The summed E-state index contributed by atoms with van der Waals surface area (Å²) in [6, 6.07) is 68.6. The van der Waals surface area contributed by atoms with E-state index in [4.69, 9.17) is 4.42 Å². The van der Waals surface area contributed by atoms with Crippen LogP contribution in [-0.4, -0.2) is 0 Å². The van der Waals surface area contributed by atoms with Gasteiger partial charge in [-0.1, -0.05) is 147 Å². The van der Waals surface area contributed by atoms with E-state index in [2.05, 4.69) is 195 Å². The van der Waals surface area contributed by atoms with Gasteiger partial charge in [-0.15, -0.1) is 0 Å². The van der Waals surface area contributed by atoms with Gasteiger partial charge in [0.05, 0.1) is 5.69 Å². The normalized spacial score (nSPS) is 13.1. The van der Waals surface area contributed by atoms with Gasteiger partial charge in [-0.25, -0.2) is 0 Å². The Balaban J connectivity index is 1.07. The monoisotopic (exact) mass is 703 g/mol. The second-order valence-electron chi connectivity index (χ2n) is 15.3. The van der Waals surface area contributed by atoms with Gasteiger partial charge in [-0.3, -0.25) is 0 Å². The highest BCUT2D eigenvalue weighted by Gasteiger charge is 2.35. The predicted octanol–water partition coefficient (Wildman–Crippen LogP) is 15.0. The zero-order valence-corrected chi connectivity index (χ0v) is 30.8. The number of benzene rings is 9. The van der Waals surface area contributed by atoms with Crippen molar-refractivity contribution in [2.75, 3.05) is 4.90 Å². The van der Waals surface area contributed by atoms with Crippen molar-refractivity contribution in [3.8, 4) is 33.4 Å². The number of hydrogen-bond acceptors (Lipinski definition) is 2. The Morgan fingerprint density at radius 1 is 0.400 bits per heavy atom. The quantitative estimate of drug-likeness (QED) is 0.177. The lowest BCUT2D eigenvalue weighted by molar-refractivity contribution is 0.660. The predicted molar refractivity (Wildman–Crippen MR) is 232 cm³/mol. The van der Waals surface area contributed by atoms with E-state index in [0.717, 1.165) is 33.6 Å². The molecule has 0 N–H and O–H groups in total. The summed E-state index contributed by atoms with van der Waals surface area (Å²) in [5.41, 5.74) is 15.2. The number of anilines is 3. The molecular weight excluding hydrogens is 667 g/mol. The van der Waals surface area contributed by atoms with Gasteiger partial charge in [-0.05, 0) is 115 Å². The molecule has 0 saturated carbocycles. The van der Waals surface area contributed by atoms with Crippen molar-refractivity contribution in [3.05, 3.63) is 199 Å². The third-order valence-corrected chi connectivity index (χ3v) is 11.8. The largest absolute Gasteiger partial charge is 0.456 e. The van der Waals surface area contributed by atoms with Gasteiger partial charge in [0, 0.05) is 33.1 Å². The van der Waals surface area contributed by atoms with Crippen LogP contribution < -0.4 is 4.90 Å².